The zero-order valence-electron chi connectivity index (χ0n) is 13.1. The molecule has 0 amide bonds. The summed E-state index contributed by atoms with van der Waals surface area (Å²) in [5, 5.41) is 0. The second-order valence-corrected chi connectivity index (χ2v) is 4.36. The summed E-state index contributed by atoms with van der Waals surface area (Å²) in [6.45, 7) is 9.95. The zero-order valence-corrected chi connectivity index (χ0v) is 13.1. The van der Waals surface area contributed by atoms with Crippen molar-refractivity contribution in [2.24, 2.45) is 0 Å². The van der Waals surface area contributed by atoms with Crippen LogP contribution in [0.4, 0.5) is 0 Å². The molecule has 0 saturated heterocycles. The number of methoxy groups -OCH3 is 1. The SMILES string of the molecule is COCCOCCOCCOCCOCCOC(C)C. The van der Waals surface area contributed by atoms with Crippen LogP contribution in [0, 0.1) is 0 Å². The largest absolute Gasteiger partial charge is 0.382 e. The molecule has 0 aromatic carbocycles. The van der Waals surface area contributed by atoms with Crippen molar-refractivity contribution in [3.05, 3.63) is 0 Å². The summed E-state index contributed by atoms with van der Waals surface area (Å²) in [6.07, 6.45) is 0.255. The molecule has 0 saturated carbocycles. The fourth-order valence-electron chi connectivity index (χ4n) is 1.25. The molecule has 0 aromatic rings. The Morgan fingerprint density at radius 2 is 0.900 bits per heavy atom. The van der Waals surface area contributed by atoms with Crippen molar-refractivity contribution in [2.75, 3.05) is 73.2 Å². The van der Waals surface area contributed by atoms with Gasteiger partial charge in [0.2, 0.25) is 0 Å². The van der Waals surface area contributed by atoms with E-state index in [2.05, 4.69) is 0 Å². The van der Waals surface area contributed by atoms with Crippen LogP contribution in [0.25, 0.3) is 0 Å². The van der Waals surface area contributed by atoms with Gasteiger partial charge in [-0.25, -0.2) is 0 Å². The van der Waals surface area contributed by atoms with E-state index in [1.54, 1.807) is 7.11 Å². The normalized spacial score (nSPS) is 11.4. The van der Waals surface area contributed by atoms with Gasteiger partial charge < -0.3 is 28.4 Å². The summed E-state index contributed by atoms with van der Waals surface area (Å²) in [4.78, 5) is 0. The van der Waals surface area contributed by atoms with Gasteiger partial charge in [0.25, 0.3) is 0 Å². The highest BCUT2D eigenvalue weighted by atomic mass is 16.6. The highest BCUT2D eigenvalue weighted by Gasteiger charge is 1.94. The third kappa shape index (κ3) is 17.8. The second-order valence-electron chi connectivity index (χ2n) is 4.36. The Hall–Kier alpha value is -0.240. The van der Waals surface area contributed by atoms with Crippen LogP contribution in [0.3, 0.4) is 0 Å². The Balaban J connectivity index is 2.92. The standard InChI is InChI=1S/C14H30O6/c1-14(2)20-13-12-19-11-10-18-9-8-17-7-6-16-5-4-15-3/h14H,4-13H2,1-3H3. The van der Waals surface area contributed by atoms with Gasteiger partial charge in [0.15, 0.2) is 0 Å². The smallest absolute Gasteiger partial charge is 0.0703 e. The molecular formula is C14H30O6. The quantitative estimate of drug-likeness (QED) is 0.398. The van der Waals surface area contributed by atoms with E-state index in [1.807, 2.05) is 13.8 Å². The van der Waals surface area contributed by atoms with Crippen LogP contribution in [0.2, 0.25) is 0 Å². The number of hydrogen-bond acceptors (Lipinski definition) is 6. The highest BCUT2D eigenvalue weighted by Crippen LogP contribution is 1.87. The Bertz CT molecular complexity index is 177. The van der Waals surface area contributed by atoms with Crippen molar-refractivity contribution in [3.63, 3.8) is 0 Å². The molecule has 0 aliphatic carbocycles. The number of rotatable bonds is 16. The van der Waals surface area contributed by atoms with Gasteiger partial charge in [-0.05, 0) is 13.8 Å². The molecule has 0 aromatic heterocycles. The molecule has 0 aliphatic rings. The predicted molar refractivity (Wildman–Crippen MR) is 76.2 cm³/mol. The molecule has 0 N–H and O–H groups in total. The molecule has 0 heterocycles. The summed E-state index contributed by atoms with van der Waals surface area (Å²) in [6, 6.07) is 0. The lowest BCUT2D eigenvalue weighted by Crippen LogP contribution is -2.14. The van der Waals surface area contributed by atoms with E-state index in [9.17, 15) is 0 Å². The van der Waals surface area contributed by atoms with Crippen LogP contribution >= 0.6 is 0 Å². The minimum absolute atomic E-state index is 0.255. The molecule has 0 radical (unpaired) electrons. The van der Waals surface area contributed by atoms with E-state index in [-0.39, 0.29) is 6.10 Å². The molecule has 0 bridgehead atoms. The van der Waals surface area contributed by atoms with Crippen molar-refractivity contribution in [3.8, 4) is 0 Å². The van der Waals surface area contributed by atoms with Crippen LogP contribution in [0.1, 0.15) is 13.8 Å². The maximum Gasteiger partial charge on any atom is 0.0703 e. The van der Waals surface area contributed by atoms with Crippen molar-refractivity contribution in [1.29, 1.82) is 0 Å². The van der Waals surface area contributed by atoms with Crippen LogP contribution in [0.15, 0.2) is 0 Å². The van der Waals surface area contributed by atoms with Crippen LogP contribution in [0.5, 0.6) is 0 Å². The van der Waals surface area contributed by atoms with Crippen molar-refractivity contribution < 1.29 is 28.4 Å². The first-order valence-corrected chi connectivity index (χ1v) is 7.19. The average molecular weight is 294 g/mol. The lowest BCUT2D eigenvalue weighted by molar-refractivity contribution is -0.0199. The lowest BCUT2D eigenvalue weighted by Gasteiger charge is -2.09. The molecule has 0 rings (SSSR count). The van der Waals surface area contributed by atoms with Gasteiger partial charge in [-0.15, -0.1) is 0 Å². The molecule has 6 nitrogen and oxygen atoms in total. The fraction of sp³-hybridized carbons (Fsp3) is 1.00. The zero-order chi connectivity index (χ0) is 14.9. The minimum Gasteiger partial charge on any atom is -0.382 e. The topological polar surface area (TPSA) is 55.4 Å². The van der Waals surface area contributed by atoms with Gasteiger partial charge in [0.05, 0.1) is 72.2 Å². The van der Waals surface area contributed by atoms with E-state index < -0.39 is 0 Å². The third-order valence-electron chi connectivity index (χ3n) is 2.23. The van der Waals surface area contributed by atoms with E-state index in [0.29, 0.717) is 66.1 Å². The van der Waals surface area contributed by atoms with Gasteiger partial charge in [0.1, 0.15) is 0 Å². The lowest BCUT2D eigenvalue weighted by atomic mass is 10.5. The summed E-state index contributed by atoms with van der Waals surface area (Å²) >= 11 is 0. The summed E-state index contributed by atoms with van der Waals surface area (Å²) in [5.41, 5.74) is 0. The minimum atomic E-state index is 0.255. The van der Waals surface area contributed by atoms with Crippen molar-refractivity contribution >= 4 is 0 Å². The molecule has 0 spiro atoms. The molecule has 122 valence electrons. The Kier molecular flexibility index (Phi) is 16.6. The molecule has 20 heavy (non-hydrogen) atoms. The second kappa shape index (κ2) is 16.8. The molecular weight excluding hydrogens is 264 g/mol. The van der Waals surface area contributed by atoms with Gasteiger partial charge in [0, 0.05) is 7.11 Å². The van der Waals surface area contributed by atoms with Gasteiger partial charge in [-0.1, -0.05) is 0 Å². The predicted octanol–water partition coefficient (Wildman–Crippen LogP) is 1.12. The first-order valence-electron chi connectivity index (χ1n) is 7.19. The monoisotopic (exact) mass is 294 g/mol. The summed E-state index contributed by atoms with van der Waals surface area (Å²) in [5.74, 6) is 0. The molecule has 0 atom stereocenters. The van der Waals surface area contributed by atoms with E-state index in [0.717, 1.165) is 0 Å². The van der Waals surface area contributed by atoms with Gasteiger partial charge >= 0.3 is 0 Å². The molecule has 6 heteroatoms. The first-order chi connectivity index (χ1) is 9.77. The first kappa shape index (κ1) is 19.8. The van der Waals surface area contributed by atoms with Crippen LogP contribution in [-0.2, 0) is 28.4 Å². The summed E-state index contributed by atoms with van der Waals surface area (Å²) < 4.78 is 31.5. The van der Waals surface area contributed by atoms with Crippen LogP contribution in [-0.4, -0.2) is 79.3 Å². The molecule has 0 fully saturated rings. The van der Waals surface area contributed by atoms with Crippen LogP contribution < -0.4 is 0 Å². The van der Waals surface area contributed by atoms with E-state index >= 15 is 0 Å². The Morgan fingerprint density at radius 1 is 0.550 bits per heavy atom. The maximum absolute atomic E-state index is 5.35. The van der Waals surface area contributed by atoms with Crippen molar-refractivity contribution in [1.82, 2.24) is 0 Å². The number of ether oxygens (including phenoxy) is 6. The summed E-state index contributed by atoms with van der Waals surface area (Å²) in [7, 11) is 1.65. The fourth-order valence-corrected chi connectivity index (χ4v) is 1.25. The van der Waals surface area contributed by atoms with E-state index in [4.69, 9.17) is 28.4 Å². The average Bonchev–Trinajstić information content (AvgIpc) is 2.43. The molecule has 0 aliphatic heterocycles. The Labute approximate surface area is 122 Å². The highest BCUT2D eigenvalue weighted by molar-refractivity contribution is 4.38. The number of hydrogen-bond donors (Lipinski definition) is 0. The van der Waals surface area contributed by atoms with Crippen molar-refractivity contribution in [2.45, 2.75) is 20.0 Å². The van der Waals surface area contributed by atoms with Gasteiger partial charge in [-0.2, -0.15) is 0 Å². The Morgan fingerprint density at radius 3 is 1.25 bits per heavy atom. The van der Waals surface area contributed by atoms with E-state index in [1.165, 1.54) is 0 Å². The third-order valence-corrected chi connectivity index (χ3v) is 2.23. The van der Waals surface area contributed by atoms with Gasteiger partial charge in [-0.3, -0.25) is 0 Å². The molecule has 0 unspecified atom stereocenters. The maximum atomic E-state index is 5.35.